The Labute approximate surface area is 148 Å². The molecule has 1 fully saturated rings. The van der Waals surface area contributed by atoms with Crippen LogP contribution in [-0.2, 0) is 4.74 Å². The van der Waals surface area contributed by atoms with E-state index < -0.39 is 0 Å². The van der Waals surface area contributed by atoms with Gasteiger partial charge >= 0.3 is 0 Å². The lowest BCUT2D eigenvalue weighted by atomic mass is 9.79. The van der Waals surface area contributed by atoms with Crippen molar-refractivity contribution in [3.8, 4) is 0 Å². The number of hydrogen-bond donors (Lipinski definition) is 0. The summed E-state index contributed by atoms with van der Waals surface area (Å²) >= 11 is 0. The Hall–Kier alpha value is -2.61. The van der Waals surface area contributed by atoms with Crippen LogP contribution in [0.5, 0.6) is 0 Å². The van der Waals surface area contributed by atoms with E-state index in [0.29, 0.717) is 0 Å². The summed E-state index contributed by atoms with van der Waals surface area (Å²) in [6.45, 7) is 0. The van der Waals surface area contributed by atoms with Gasteiger partial charge in [0.2, 0.25) is 0 Å². The van der Waals surface area contributed by atoms with Crippen molar-refractivity contribution < 1.29 is 9.53 Å². The molecule has 2 heteroatoms. The lowest BCUT2D eigenvalue weighted by Crippen LogP contribution is -2.33. The van der Waals surface area contributed by atoms with Crippen molar-refractivity contribution in [2.24, 2.45) is 0 Å². The molecular weight excluding hydrogens is 308 g/mol. The first-order valence-corrected chi connectivity index (χ1v) is 9.05. The Kier molecular flexibility index (Phi) is 4.27. The summed E-state index contributed by atoms with van der Waals surface area (Å²) < 4.78 is 6.47. The Morgan fingerprint density at radius 1 is 0.880 bits per heavy atom. The number of rotatable bonds is 3. The molecule has 2 aromatic rings. The number of benzene rings is 2. The van der Waals surface area contributed by atoms with E-state index in [2.05, 4.69) is 18.2 Å². The van der Waals surface area contributed by atoms with E-state index in [-0.39, 0.29) is 11.4 Å². The fourth-order valence-corrected chi connectivity index (χ4v) is 3.83. The number of hydrogen-bond acceptors (Lipinski definition) is 2. The molecule has 1 spiro atoms. The van der Waals surface area contributed by atoms with E-state index in [1.807, 2.05) is 48.5 Å². The third-order valence-electron chi connectivity index (χ3n) is 5.18. The SMILES string of the molecule is O=C(/C=C1\C=C(c2ccccc2)OC12CCCCC2)c1ccccc1. The molecule has 0 radical (unpaired) electrons. The minimum Gasteiger partial charge on any atom is -0.482 e. The second-order valence-electron chi connectivity index (χ2n) is 6.86. The molecule has 1 aliphatic heterocycles. The number of carbonyl (C=O) groups is 1. The average molecular weight is 330 g/mol. The van der Waals surface area contributed by atoms with Gasteiger partial charge < -0.3 is 4.74 Å². The number of carbonyl (C=O) groups excluding carboxylic acids is 1. The molecule has 25 heavy (non-hydrogen) atoms. The van der Waals surface area contributed by atoms with Crippen LogP contribution in [0.25, 0.3) is 5.76 Å². The normalized spacial score (nSPS) is 20.3. The highest BCUT2D eigenvalue weighted by Gasteiger charge is 2.42. The molecule has 0 saturated heterocycles. The van der Waals surface area contributed by atoms with E-state index in [1.165, 1.54) is 6.42 Å². The van der Waals surface area contributed by atoms with Gasteiger partial charge in [0.25, 0.3) is 0 Å². The molecule has 2 nitrogen and oxygen atoms in total. The molecule has 126 valence electrons. The topological polar surface area (TPSA) is 26.3 Å². The zero-order valence-corrected chi connectivity index (χ0v) is 14.3. The van der Waals surface area contributed by atoms with Gasteiger partial charge in [-0.2, -0.15) is 0 Å². The van der Waals surface area contributed by atoms with Crippen LogP contribution in [0.15, 0.2) is 78.4 Å². The lowest BCUT2D eigenvalue weighted by molar-refractivity contribution is 0.0532. The summed E-state index contributed by atoms with van der Waals surface area (Å²) in [7, 11) is 0. The Bertz CT molecular complexity index is 810. The summed E-state index contributed by atoms with van der Waals surface area (Å²) in [6.07, 6.45) is 9.35. The van der Waals surface area contributed by atoms with Gasteiger partial charge in [-0.25, -0.2) is 0 Å². The van der Waals surface area contributed by atoms with Crippen LogP contribution in [0.1, 0.15) is 48.0 Å². The van der Waals surface area contributed by atoms with Crippen LogP contribution in [0.3, 0.4) is 0 Å². The van der Waals surface area contributed by atoms with Gasteiger partial charge in [-0.1, -0.05) is 67.1 Å². The van der Waals surface area contributed by atoms with Gasteiger partial charge in [0.1, 0.15) is 11.4 Å². The monoisotopic (exact) mass is 330 g/mol. The smallest absolute Gasteiger partial charge is 0.186 e. The van der Waals surface area contributed by atoms with Crippen molar-refractivity contribution in [1.82, 2.24) is 0 Å². The lowest BCUT2D eigenvalue weighted by Gasteiger charge is -2.35. The average Bonchev–Trinajstić information content (AvgIpc) is 3.01. The van der Waals surface area contributed by atoms with Crippen LogP contribution in [0.2, 0.25) is 0 Å². The van der Waals surface area contributed by atoms with Gasteiger partial charge in [0.05, 0.1) is 0 Å². The second-order valence-corrected chi connectivity index (χ2v) is 6.86. The quantitative estimate of drug-likeness (QED) is 0.543. The standard InChI is InChI=1S/C23H22O2/c24-21(18-10-4-1-5-11-18)16-20-17-22(19-12-6-2-7-13-19)25-23(20)14-8-3-9-15-23/h1-2,4-7,10-13,16-17H,3,8-9,14-15H2/b20-16+. The summed E-state index contributed by atoms with van der Waals surface area (Å²) in [5, 5.41) is 0. The number of allylic oxidation sites excluding steroid dienone is 1. The van der Waals surface area contributed by atoms with Crippen LogP contribution in [0.4, 0.5) is 0 Å². The fourth-order valence-electron chi connectivity index (χ4n) is 3.83. The predicted octanol–water partition coefficient (Wildman–Crippen LogP) is 5.57. The molecule has 2 aromatic carbocycles. The first kappa shape index (κ1) is 15.9. The van der Waals surface area contributed by atoms with Crippen molar-refractivity contribution in [2.75, 3.05) is 0 Å². The molecular formula is C23H22O2. The molecule has 0 atom stereocenters. The molecule has 1 heterocycles. The molecule has 1 saturated carbocycles. The minimum absolute atomic E-state index is 0.0507. The first-order chi connectivity index (χ1) is 12.3. The van der Waals surface area contributed by atoms with Crippen molar-refractivity contribution in [2.45, 2.75) is 37.7 Å². The van der Waals surface area contributed by atoms with Gasteiger partial charge in [-0.05, 0) is 37.8 Å². The zero-order chi connectivity index (χ0) is 17.1. The number of ether oxygens (including phenoxy) is 1. The zero-order valence-electron chi connectivity index (χ0n) is 14.3. The van der Waals surface area contributed by atoms with E-state index in [9.17, 15) is 4.79 Å². The van der Waals surface area contributed by atoms with Gasteiger partial charge in [-0.3, -0.25) is 4.79 Å². The summed E-state index contributed by atoms with van der Waals surface area (Å²) in [6, 6.07) is 19.6. The van der Waals surface area contributed by atoms with Crippen molar-refractivity contribution in [3.63, 3.8) is 0 Å². The van der Waals surface area contributed by atoms with Gasteiger partial charge in [0, 0.05) is 16.7 Å². The third kappa shape index (κ3) is 3.17. The van der Waals surface area contributed by atoms with E-state index in [0.717, 1.165) is 48.1 Å². The van der Waals surface area contributed by atoms with E-state index >= 15 is 0 Å². The molecule has 2 aliphatic rings. The molecule has 0 amide bonds. The maximum atomic E-state index is 12.7. The fraction of sp³-hybridized carbons (Fsp3) is 0.261. The van der Waals surface area contributed by atoms with E-state index in [1.54, 1.807) is 6.08 Å². The summed E-state index contributed by atoms with van der Waals surface area (Å²) in [4.78, 5) is 12.7. The second kappa shape index (κ2) is 6.72. The highest BCUT2D eigenvalue weighted by molar-refractivity contribution is 6.05. The highest BCUT2D eigenvalue weighted by atomic mass is 16.5. The van der Waals surface area contributed by atoms with Crippen molar-refractivity contribution in [3.05, 3.63) is 89.5 Å². The molecule has 0 N–H and O–H groups in total. The maximum Gasteiger partial charge on any atom is 0.186 e. The number of ketones is 1. The van der Waals surface area contributed by atoms with Crippen LogP contribution >= 0.6 is 0 Å². The van der Waals surface area contributed by atoms with Crippen LogP contribution in [0, 0.1) is 0 Å². The van der Waals surface area contributed by atoms with Crippen molar-refractivity contribution >= 4 is 11.5 Å². The predicted molar refractivity (Wildman–Crippen MR) is 100 cm³/mol. The minimum atomic E-state index is -0.326. The first-order valence-electron chi connectivity index (χ1n) is 9.05. The third-order valence-corrected chi connectivity index (χ3v) is 5.18. The van der Waals surface area contributed by atoms with Crippen LogP contribution in [-0.4, -0.2) is 11.4 Å². The Balaban J connectivity index is 1.71. The summed E-state index contributed by atoms with van der Waals surface area (Å²) in [5.41, 5.74) is 2.50. The molecule has 4 rings (SSSR count). The molecule has 0 unspecified atom stereocenters. The Morgan fingerprint density at radius 2 is 1.52 bits per heavy atom. The van der Waals surface area contributed by atoms with Gasteiger partial charge in [-0.15, -0.1) is 0 Å². The molecule has 1 aliphatic carbocycles. The molecule has 0 aromatic heterocycles. The largest absolute Gasteiger partial charge is 0.482 e. The Morgan fingerprint density at radius 3 is 2.20 bits per heavy atom. The maximum absolute atomic E-state index is 12.7. The van der Waals surface area contributed by atoms with Gasteiger partial charge in [0.15, 0.2) is 5.78 Å². The van der Waals surface area contributed by atoms with Crippen LogP contribution < -0.4 is 0 Å². The van der Waals surface area contributed by atoms with E-state index in [4.69, 9.17) is 4.74 Å². The summed E-state index contributed by atoms with van der Waals surface area (Å²) in [5.74, 6) is 0.935. The van der Waals surface area contributed by atoms with Crippen molar-refractivity contribution in [1.29, 1.82) is 0 Å². The molecule has 0 bridgehead atoms. The highest BCUT2D eigenvalue weighted by Crippen LogP contribution is 2.46.